The van der Waals surface area contributed by atoms with Crippen molar-refractivity contribution < 1.29 is 23.8 Å². The molecule has 0 saturated heterocycles. The van der Waals surface area contributed by atoms with Crippen LogP contribution >= 0.6 is 0 Å². The fourth-order valence-corrected chi connectivity index (χ4v) is 2.41. The lowest BCUT2D eigenvalue weighted by atomic mass is 10.2. The van der Waals surface area contributed by atoms with E-state index in [4.69, 9.17) is 9.47 Å². The Hall–Kier alpha value is -2.28. The number of nitrogens with one attached hydrogen (secondary N) is 1. The van der Waals surface area contributed by atoms with Crippen molar-refractivity contribution in [1.29, 1.82) is 0 Å². The molecule has 1 aromatic carbocycles. The fourth-order valence-electron chi connectivity index (χ4n) is 2.41. The van der Waals surface area contributed by atoms with Crippen LogP contribution in [0.5, 0.6) is 11.5 Å². The smallest absolute Gasteiger partial charge is 0.306 e. The first-order valence-electron chi connectivity index (χ1n) is 8.20. The van der Waals surface area contributed by atoms with Crippen LogP contribution in [0.1, 0.15) is 20.3 Å². The maximum atomic E-state index is 12.4. The van der Waals surface area contributed by atoms with Crippen LogP contribution in [0.25, 0.3) is 0 Å². The number of ether oxygens (including phenoxy) is 3. The minimum Gasteiger partial charge on any atom is -0.497 e. The molecule has 140 valence electrons. The van der Waals surface area contributed by atoms with E-state index >= 15 is 0 Å². The molecule has 0 bridgehead atoms. The molecule has 7 heteroatoms. The maximum Gasteiger partial charge on any atom is 0.306 e. The minimum absolute atomic E-state index is 0.176. The van der Waals surface area contributed by atoms with E-state index in [1.54, 1.807) is 32.4 Å². The van der Waals surface area contributed by atoms with Gasteiger partial charge < -0.3 is 19.5 Å². The number of carbonyl (C=O) groups excluding carboxylic acids is 2. The van der Waals surface area contributed by atoms with Crippen molar-refractivity contribution in [1.82, 2.24) is 4.90 Å². The molecule has 0 aliphatic heterocycles. The third-order valence-corrected chi connectivity index (χ3v) is 3.53. The largest absolute Gasteiger partial charge is 0.497 e. The zero-order chi connectivity index (χ0) is 18.8. The highest BCUT2D eigenvalue weighted by atomic mass is 16.5. The Labute approximate surface area is 149 Å². The van der Waals surface area contributed by atoms with E-state index in [-0.39, 0.29) is 24.8 Å². The lowest BCUT2D eigenvalue weighted by molar-refractivity contribution is -0.141. The first kappa shape index (κ1) is 20.8. The summed E-state index contributed by atoms with van der Waals surface area (Å²) in [5.74, 6) is 1.08. The Morgan fingerprint density at radius 2 is 1.88 bits per heavy atom. The lowest BCUT2D eigenvalue weighted by Crippen LogP contribution is -2.37. The van der Waals surface area contributed by atoms with Crippen molar-refractivity contribution in [3.05, 3.63) is 18.2 Å². The zero-order valence-electron chi connectivity index (χ0n) is 15.6. The topological polar surface area (TPSA) is 77.1 Å². The van der Waals surface area contributed by atoms with Crippen LogP contribution in [0.4, 0.5) is 5.69 Å². The highest BCUT2D eigenvalue weighted by molar-refractivity contribution is 5.94. The average Bonchev–Trinajstić information content (AvgIpc) is 2.58. The van der Waals surface area contributed by atoms with Crippen molar-refractivity contribution in [2.45, 2.75) is 20.3 Å². The van der Waals surface area contributed by atoms with E-state index in [1.807, 2.05) is 4.90 Å². The molecule has 1 amide bonds. The third-order valence-electron chi connectivity index (χ3n) is 3.53. The number of hydrogen-bond donors (Lipinski definition) is 1. The van der Waals surface area contributed by atoms with Gasteiger partial charge in [0.1, 0.15) is 11.5 Å². The second kappa shape index (κ2) is 10.6. The van der Waals surface area contributed by atoms with Gasteiger partial charge in [-0.2, -0.15) is 0 Å². The molecule has 0 heterocycles. The number of benzene rings is 1. The molecule has 0 aliphatic rings. The van der Waals surface area contributed by atoms with Gasteiger partial charge >= 0.3 is 5.97 Å². The van der Waals surface area contributed by atoms with Gasteiger partial charge in [-0.1, -0.05) is 13.8 Å². The van der Waals surface area contributed by atoms with E-state index in [0.29, 0.717) is 36.2 Å². The number of rotatable bonds is 10. The number of hydrogen-bond acceptors (Lipinski definition) is 6. The van der Waals surface area contributed by atoms with E-state index in [1.165, 1.54) is 7.11 Å². The number of anilines is 1. The van der Waals surface area contributed by atoms with Crippen LogP contribution in [-0.4, -0.2) is 57.7 Å². The van der Waals surface area contributed by atoms with E-state index in [2.05, 4.69) is 23.9 Å². The number of nitrogens with zero attached hydrogens (tertiary/aromatic N) is 1. The van der Waals surface area contributed by atoms with Gasteiger partial charge in [-0.15, -0.1) is 0 Å². The summed E-state index contributed by atoms with van der Waals surface area (Å²) < 4.78 is 15.1. The van der Waals surface area contributed by atoms with Crippen LogP contribution in [-0.2, 0) is 14.3 Å². The summed E-state index contributed by atoms with van der Waals surface area (Å²) in [5, 5.41) is 2.84. The summed E-state index contributed by atoms with van der Waals surface area (Å²) in [7, 11) is 4.46. The SMILES string of the molecule is COC(=O)CCN(CC(=O)Nc1cc(OC)ccc1OC)CC(C)C. The number of methoxy groups -OCH3 is 3. The van der Waals surface area contributed by atoms with Crippen molar-refractivity contribution in [2.75, 3.05) is 46.3 Å². The summed E-state index contributed by atoms with van der Waals surface area (Å²) in [6.07, 6.45) is 0.249. The Bertz CT molecular complexity index is 575. The lowest BCUT2D eigenvalue weighted by Gasteiger charge is -2.23. The zero-order valence-corrected chi connectivity index (χ0v) is 15.6. The fraction of sp³-hybridized carbons (Fsp3) is 0.556. The Morgan fingerprint density at radius 3 is 2.44 bits per heavy atom. The Kier molecular flexibility index (Phi) is 8.77. The Morgan fingerprint density at radius 1 is 1.16 bits per heavy atom. The van der Waals surface area contributed by atoms with Gasteiger partial charge in [-0.05, 0) is 18.1 Å². The number of carbonyl (C=O) groups is 2. The van der Waals surface area contributed by atoms with Crippen LogP contribution < -0.4 is 14.8 Å². The highest BCUT2D eigenvalue weighted by Gasteiger charge is 2.16. The Balaban J connectivity index is 2.74. The van der Waals surface area contributed by atoms with Gasteiger partial charge in [0.2, 0.25) is 5.91 Å². The molecule has 0 fully saturated rings. The summed E-state index contributed by atoms with van der Waals surface area (Å²) in [6.45, 7) is 5.48. The first-order valence-corrected chi connectivity index (χ1v) is 8.20. The number of esters is 1. The molecule has 0 radical (unpaired) electrons. The molecule has 1 rings (SSSR count). The normalized spacial score (nSPS) is 10.7. The van der Waals surface area contributed by atoms with Gasteiger partial charge in [0.05, 0.1) is 40.0 Å². The van der Waals surface area contributed by atoms with E-state index < -0.39 is 0 Å². The number of amides is 1. The molecule has 0 atom stereocenters. The summed E-state index contributed by atoms with van der Waals surface area (Å²) in [6, 6.07) is 5.20. The van der Waals surface area contributed by atoms with Gasteiger partial charge in [0.25, 0.3) is 0 Å². The molecule has 0 unspecified atom stereocenters. The second-order valence-electron chi connectivity index (χ2n) is 6.07. The van der Waals surface area contributed by atoms with Crippen molar-refractivity contribution in [3.63, 3.8) is 0 Å². The molecular formula is C18H28N2O5. The van der Waals surface area contributed by atoms with Gasteiger partial charge in [0, 0.05) is 19.2 Å². The van der Waals surface area contributed by atoms with Crippen LogP contribution in [0.2, 0.25) is 0 Å². The molecule has 0 spiro atoms. The first-order chi connectivity index (χ1) is 11.9. The average molecular weight is 352 g/mol. The summed E-state index contributed by atoms with van der Waals surface area (Å²) in [5.41, 5.74) is 0.546. The van der Waals surface area contributed by atoms with E-state index in [0.717, 1.165) is 0 Å². The molecule has 25 heavy (non-hydrogen) atoms. The minimum atomic E-state index is -0.288. The standard InChI is InChI=1S/C18H28N2O5/c1-13(2)11-20(9-8-18(22)25-5)12-17(21)19-15-10-14(23-3)6-7-16(15)24-4/h6-7,10,13H,8-9,11-12H2,1-5H3,(H,19,21). The molecule has 0 aliphatic carbocycles. The van der Waals surface area contributed by atoms with E-state index in [9.17, 15) is 9.59 Å². The molecule has 1 N–H and O–H groups in total. The molecule has 7 nitrogen and oxygen atoms in total. The monoisotopic (exact) mass is 352 g/mol. The highest BCUT2D eigenvalue weighted by Crippen LogP contribution is 2.28. The predicted molar refractivity (Wildman–Crippen MR) is 96.1 cm³/mol. The third kappa shape index (κ3) is 7.43. The summed E-state index contributed by atoms with van der Waals surface area (Å²) in [4.78, 5) is 25.7. The van der Waals surface area contributed by atoms with Crippen molar-refractivity contribution in [3.8, 4) is 11.5 Å². The van der Waals surface area contributed by atoms with Crippen LogP contribution in [0.3, 0.4) is 0 Å². The predicted octanol–water partition coefficient (Wildman–Crippen LogP) is 2.16. The van der Waals surface area contributed by atoms with Gasteiger partial charge in [0.15, 0.2) is 0 Å². The van der Waals surface area contributed by atoms with Gasteiger partial charge in [-0.3, -0.25) is 14.5 Å². The summed E-state index contributed by atoms with van der Waals surface area (Å²) >= 11 is 0. The second-order valence-corrected chi connectivity index (χ2v) is 6.07. The van der Waals surface area contributed by atoms with Crippen LogP contribution in [0, 0.1) is 5.92 Å². The molecule has 0 saturated carbocycles. The van der Waals surface area contributed by atoms with Crippen molar-refractivity contribution in [2.24, 2.45) is 5.92 Å². The molecule has 1 aromatic rings. The van der Waals surface area contributed by atoms with Crippen LogP contribution in [0.15, 0.2) is 18.2 Å². The molecule has 0 aromatic heterocycles. The van der Waals surface area contributed by atoms with Gasteiger partial charge in [-0.25, -0.2) is 0 Å². The quantitative estimate of drug-likeness (QED) is 0.650. The van der Waals surface area contributed by atoms with Crippen molar-refractivity contribution >= 4 is 17.6 Å². The molecular weight excluding hydrogens is 324 g/mol. The maximum absolute atomic E-state index is 12.4.